The Balaban J connectivity index is 2.29. The average molecular weight is 310 g/mol. The van der Waals surface area contributed by atoms with E-state index in [0.29, 0.717) is 0 Å². The van der Waals surface area contributed by atoms with Gasteiger partial charge in [-0.1, -0.05) is 32.9 Å². The van der Waals surface area contributed by atoms with E-state index in [1.165, 1.54) is 0 Å². The molecule has 1 aliphatic heterocycles. The molecular formula is C17H27FN2S. The Morgan fingerprint density at radius 2 is 2.14 bits per heavy atom. The van der Waals surface area contributed by atoms with Gasteiger partial charge in [0.2, 0.25) is 0 Å². The topological polar surface area (TPSA) is 15.3 Å². The summed E-state index contributed by atoms with van der Waals surface area (Å²) in [5, 5.41) is 3.40. The van der Waals surface area contributed by atoms with Gasteiger partial charge in [0.25, 0.3) is 0 Å². The van der Waals surface area contributed by atoms with E-state index in [1.54, 1.807) is 6.07 Å². The van der Waals surface area contributed by atoms with Crippen LogP contribution in [0.25, 0.3) is 0 Å². The molecule has 2 rings (SSSR count). The van der Waals surface area contributed by atoms with Gasteiger partial charge in [-0.15, -0.1) is 0 Å². The highest BCUT2D eigenvalue weighted by molar-refractivity contribution is 8.00. The van der Waals surface area contributed by atoms with Gasteiger partial charge in [0.1, 0.15) is 5.82 Å². The number of nitrogens with one attached hydrogen (secondary N) is 1. The third-order valence-corrected chi connectivity index (χ3v) is 5.52. The van der Waals surface area contributed by atoms with Crippen LogP contribution in [-0.2, 0) is 0 Å². The molecule has 0 aliphatic carbocycles. The number of nitrogens with zero attached hydrogens (tertiary/aromatic N) is 1. The second kappa shape index (κ2) is 7.01. The lowest BCUT2D eigenvalue weighted by atomic mass is 10.0. The molecular weight excluding hydrogens is 283 g/mol. The molecule has 0 saturated carbocycles. The number of para-hydroxylation sites is 1. The van der Waals surface area contributed by atoms with Crippen LogP contribution in [0.5, 0.6) is 0 Å². The molecule has 0 bridgehead atoms. The second-order valence-electron chi connectivity index (χ2n) is 6.30. The Kier molecular flexibility index (Phi) is 5.55. The number of benzene rings is 1. The SMILES string of the molecule is CCNC(C)c1cccc(F)c1N1CCSC(C)(C)CC1. The van der Waals surface area contributed by atoms with Crippen LogP contribution in [0.15, 0.2) is 18.2 Å². The van der Waals surface area contributed by atoms with Gasteiger partial charge >= 0.3 is 0 Å². The van der Waals surface area contributed by atoms with E-state index in [0.717, 1.165) is 43.1 Å². The van der Waals surface area contributed by atoms with Crippen molar-refractivity contribution in [1.29, 1.82) is 0 Å². The third-order valence-electron chi connectivity index (χ3n) is 4.15. The normalized spacial score (nSPS) is 20.1. The number of thioether (sulfide) groups is 1. The summed E-state index contributed by atoms with van der Waals surface area (Å²) in [6.07, 6.45) is 1.08. The van der Waals surface area contributed by atoms with Crippen molar-refractivity contribution < 1.29 is 4.39 Å². The molecule has 2 nitrogen and oxygen atoms in total. The Hall–Kier alpha value is -0.740. The minimum Gasteiger partial charge on any atom is -0.368 e. The van der Waals surface area contributed by atoms with Crippen molar-refractivity contribution in [2.24, 2.45) is 0 Å². The number of rotatable bonds is 4. The largest absolute Gasteiger partial charge is 0.368 e. The lowest BCUT2D eigenvalue weighted by Gasteiger charge is -2.28. The molecule has 1 aliphatic rings. The van der Waals surface area contributed by atoms with Crippen LogP contribution in [0, 0.1) is 5.82 Å². The molecule has 0 aromatic heterocycles. The van der Waals surface area contributed by atoms with Crippen LogP contribution in [-0.4, -0.2) is 30.1 Å². The molecule has 1 saturated heterocycles. The summed E-state index contributed by atoms with van der Waals surface area (Å²) in [6, 6.07) is 5.62. The van der Waals surface area contributed by atoms with Crippen LogP contribution in [0.1, 0.15) is 45.7 Å². The number of anilines is 1. The summed E-state index contributed by atoms with van der Waals surface area (Å²) in [6.45, 7) is 11.5. The van der Waals surface area contributed by atoms with Crippen LogP contribution in [0.4, 0.5) is 10.1 Å². The molecule has 1 aromatic rings. The highest BCUT2D eigenvalue weighted by Gasteiger charge is 2.26. The van der Waals surface area contributed by atoms with Gasteiger partial charge < -0.3 is 10.2 Å². The molecule has 1 N–H and O–H groups in total. The van der Waals surface area contributed by atoms with Gasteiger partial charge in [0.05, 0.1) is 5.69 Å². The molecule has 0 radical (unpaired) electrons. The molecule has 21 heavy (non-hydrogen) atoms. The summed E-state index contributed by atoms with van der Waals surface area (Å²) < 4.78 is 14.8. The van der Waals surface area contributed by atoms with E-state index < -0.39 is 0 Å². The van der Waals surface area contributed by atoms with E-state index in [9.17, 15) is 4.39 Å². The van der Waals surface area contributed by atoms with Crippen LogP contribution >= 0.6 is 11.8 Å². The van der Waals surface area contributed by atoms with E-state index in [2.05, 4.69) is 44.0 Å². The van der Waals surface area contributed by atoms with E-state index >= 15 is 0 Å². The summed E-state index contributed by atoms with van der Waals surface area (Å²) >= 11 is 1.99. The maximum absolute atomic E-state index is 14.5. The van der Waals surface area contributed by atoms with Crippen molar-refractivity contribution >= 4 is 17.4 Å². The van der Waals surface area contributed by atoms with Gasteiger partial charge in [-0.2, -0.15) is 11.8 Å². The van der Waals surface area contributed by atoms with Crippen molar-refractivity contribution in [1.82, 2.24) is 5.32 Å². The van der Waals surface area contributed by atoms with Crippen molar-refractivity contribution in [2.45, 2.75) is 44.9 Å². The average Bonchev–Trinajstić information content (AvgIpc) is 2.60. The quantitative estimate of drug-likeness (QED) is 0.896. The van der Waals surface area contributed by atoms with Crippen molar-refractivity contribution in [3.05, 3.63) is 29.6 Å². The van der Waals surface area contributed by atoms with Gasteiger partial charge in [0, 0.05) is 29.6 Å². The Bertz CT molecular complexity index is 476. The summed E-state index contributed by atoms with van der Waals surface area (Å²) in [5.41, 5.74) is 1.87. The standard InChI is InChI=1S/C17H27FN2S/c1-5-19-13(2)14-7-6-8-15(18)16(14)20-10-9-17(3,4)21-12-11-20/h6-8,13,19H,5,9-12H2,1-4H3. The zero-order valence-corrected chi connectivity index (χ0v) is 14.4. The maximum atomic E-state index is 14.5. The lowest BCUT2D eigenvalue weighted by molar-refractivity contribution is 0.570. The first-order valence-corrected chi connectivity index (χ1v) is 8.84. The van der Waals surface area contributed by atoms with Crippen molar-refractivity contribution in [3.63, 3.8) is 0 Å². The highest BCUT2D eigenvalue weighted by Crippen LogP contribution is 2.35. The fourth-order valence-electron chi connectivity index (χ4n) is 2.88. The van der Waals surface area contributed by atoms with Gasteiger partial charge in [-0.25, -0.2) is 4.39 Å². The molecule has 1 aromatic carbocycles. The van der Waals surface area contributed by atoms with Crippen LogP contribution in [0.3, 0.4) is 0 Å². The maximum Gasteiger partial charge on any atom is 0.146 e. The third kappa shape index (κ3) is 4.13. The zero-order chi connectivity index (χ0) is 15.5. The predicted octanol–water partition coefficient (Wildman–Crippen LogP) is 4.22. The fraction of sp³-hybridized carbons (Fsp3) is 0.647. The predicted molar refractivity (Wildman–Crippen MR) is 91.9 cm³/mol. The Morgan fingerprint density at radius 3 is 2.86 bits per heavy atom. The number of hydrogen-bond acceptors (Lipinski definition) is 3. The summed E-state index contributed by atoms with van der Waals surface area (Å²) in [4.78, 5) is 2.24. The number of hydrogen-bond donors (Lipinski definition) is 1. The molecule has 4 heteroatoms. The first kappa shape index (κ1) is 16.6. The summed E-state index contributed by atoms with van der Waals surface area (Å²) in [7, 11) is 0. The smallest absolute Gasteiger partial charge is 0.146 e. The molecule has 1 fully saturated rings. The van der Waals surface area contributed by atoms with E-state index in [-0.39, 0.29) is 16.6 Å². The first-order valence-electron chi connectivity index (χ1n) is 7.85. The molecule has 1 heterocycles. The number of halogens is 1. The first-order chi connectivity index (χ1) is 9.94. The van der Waals surface area contributed by atoms with Crippen LogP contribution in [0.2, 0.25) is 0 Å². The van der Waals surface area contributed by atoms with Gasteiger partial charge in [0.15, 0.2) is 0 Å². The Labute approximate surface area is 132 Å². The lowest BCUT2D eigenvalue weighted by Crippen LogP contribution is -2.30. The van der Waals surface area contributed by atoms with E-state index in [4.69, 9.17) is 0 Å². The molecule has 0 amide bonds. The van der Waals surface area contributed by atoms with Gasteiger partial charge in [-0.3, -0.25) is 0 Å². The molecule has 118 valence electrons. The highest BCUT2D eigenvalue weighted by atomic mass is 32.2. The molecule has 0 spiro atoms. The van der Waals surface area contributed by atoms with Crippen LogP contribution < -0.4 is 10.2 Å². The monoisotopic (exact) mass is 310 g/mol. The Morgan fingerprint density at radius 1 is 1.38 bits per heavy atom. The molecule has 1 atom stereocenters. The zero-order valence-electron chi connectivity index (χ0n) is 13.6. The van der Waals surface area contributed by atoms with E-state index in [1.807, 2.05) is 17.8 Å². The minimum atomic E-state index is -0.0954. The van der Waals surface area contributed by atoms with Gasteiger partial charge in [-0.05, 0) is 31.5 Å². The fourth-order valence-corrected chi connectivity index (χ4v) is 3.98. The van der Waals surface area contributed by atoms with Crippen molar-refractivity contribution in [2.75, 3.05) is 30.3 Å². The van der Waals surface area contributed by atoms with Crippen molar-refractivity contribution in [3.8, 4) is 0 Å². The summed E-state index contributed by atoms with van der Waals surface area (Å²) in [5.74, 6) is 0.957. The minimum absolute atomic E-state index is 0.0954. The second-order valence-corrected chi connectivity index (χ2v) is 8.10. The molecule has 1 unspecified atom stereocenters.